The molecule has 0 saturated carbocycles. The van der Waals surface area contributed by atoms with Gasteiger partial charge in [0.05, 0.1) is 30.6 Å². The molecule has 1 spiro atoms. The number of amides is 3. The monoisotopic (exact) mass is 613 g/mol. The van der Waals surface area contributed by atoms with E-state index in [2.05, 4.69) is 20.1 Å². The van der Waals surface area contributed by atoms with Gasteiger partial charge in [-0.15, -0.1) is 13.2 Å². The standard InChI is InChI=1S/C37H47N3O5/c1-4-7-14-23-38(21-5-2)36(44)33-37-20-19-30(45-37)31(34(42)39(22-6-3)25-28-17-12-9-13-18-28)32(37)35(43)40(33)29(26-41)24-27-15-10-8-11-16-27/h5-6,8-13,15-18,29-33,41H,2-4,7,14,19-26H2,1H3/t29-,30+,31-,32+,33?,37?/m1/s1. The van der Waals surface area contributed by atoms with Gasteiger partial charge in [-0.3, -0.25) is 14.4 Å². The van der Waals surface area contributed by atoms with Gasteiger partial charge in [0.2, 0.25) is 17.7 Å². The molecule has 45 heavy (non-hydrogen) atoms. The fourth-order valence-electron chi connectivity index (χ4n) is 7.76. The average Bonchev–Trinajstić information content (AvgIpc) is 3.71. The van der Waals surface area contributed by atoms with E-state index >= 15 is 0 Å². The number of carbonyl (C=O) groups excluding carboxylic acids is 3. The lowest BCUT2D eigenvalue weighted by molar-refractivity contribution is -0.152. The number of unbranched alkanes of at least 4 members (excludes halogenated alkanes) is 2. The molecule has 2 unspecified atom stereocenters. The minimum Gasteiger partial charge on any atom is -0.394 e. The molecule has 6 atom stereocenters. The van der Waals surface area contributed by atoms with E-state index in [-0.39, 0.29) is 24.3 Å². The van der Waals surface area contributed by atoms with Gasteiger partial charge in [0.25, 0.3) is 0 Å². The quantitative estimate of drug-likeness (QED) is 0.224. The first-order valence-corrected chi connectivity index (χ1v) is 16.4. The van der Waals surface area contributed by atoms with Crippen LogP contribution in [0.15, 0.2) is 86.0 Å². The van der Waals surface area contributed by atoms with E-state index in [0.29, 0.717) is 45.4 Å². The maximum absolute atomic E-state index is 14.7. The Bertz CT molecular complexity index is 1350. The van der Waals surface area contributed by atoms with Crippen LogP contribution in [-0.2, 0) is 32.1 Å². The number of rotatable bonds is 16. The van der Waals surface area contributed by atoms with Crippen LogP contribution in [-0.4, -0.2) is 87.6 Å². The molecule has 3 fully saturated rings. The second kappa shape index (κ2) is 14.6. The van der Waals surface area contributed by atoms with E-state index in [4.69, 9.17) is 4.74 Å². The van der Waals surface area contributed by atoms with Crippen LogP contribution in [0.5, 0.6) is 0 Å². The highest BCUT2D eigenvalue weighted by atomic mass is 16.5. The van der Waals surface area contributed by atoms with Crippen molar-refractivity contribution >= 4 is 17.7 Å². The summed E-state index contributed by atoms with van der Waals surface area (Å²) < 4.78 is 6.74. The molecule has 2 bridgehead atoms. The first-order chi connectivity index (χ1) is 21.9. The Hall–Kier alpha value is -3.75. The Labute approximate surface area is 267 Å². The number of hydrogen-bond acceptors (Lipinski definition) is 5. The van der Waals surface area contributed by atoms with Crippen LogP contribution in [0.4, 0.5) is 0 Å². The minimum atomic E-state index is -1.14. The summed E-state index contributed by atoms with van der Waals surface area (Å²) in [6.45, 7) is 11.2. The van der Waals surface area contributed by atoms with Crippen molar-refractivity contribution in [3.8, 4) is 0 Å². The summed E-state index contributed by atoms with van der Waals surface area (Å²) >= 11 is 0. The van der Waals surface area contributed by atoms with Crippen molar-refractivity contribution in [2.45, 2.75) is 75.8 Å². The smallest absolute Gasteiger partial charge is 0.248 e. The van der Waals surface area contributed by atoms with Gasteiger partial charge in [0, 0.05) is 26.2 Å². The predicted molar refractivity (Wildman–Crippen MR) is 174 cm³/mol. The molecule has 240 valence electrons. The number of aliphatic hydroxyl groups excluding tert-OH is 1. The molecule has 3 amide bonds. The number of fused-ring (bicyclic) bond motifs is 1. The minimum absolute atomic E-state index is 0.161. The Kier molecular flexibility index (Phi) is 10.6. The number of aliphatic hydroxyl groups is 1. The fraction of sp³-hybridized carbons (Fsp3) is 0.486. The van der Waals surface area contributed by atoms with Crippen molar-refractivity contribution in [2.24, 2.45) is 11.8 Å². The Morgan fingerprint density at radius 3 is 2.27 bits per heavy atom. The third kappa shape index (κ3) is 6.36. The molecule has 1 N–H and O–H groups in total. The van der Waals surface area contributed by atoms with Crippen LogP contribution in [0, 0.1) is 11.8 Å². The second-order valence-electron chi connectivity index (χ2n) is 12.6. The van der Waals surface area contributed by atoms with Gasteiger partial charge in [-0.1, -0.05) is 92.6 Å². The van der Waals surface area contributed by atoms with Crippen LogP contribution >= 0.6 is 0 Å². The molecule has 2 aromatic carbocycles. The van der Waals surface area contributed by atoms with Gasteiger partial charge in [0.1, 0.15) is 11.6 Å². The zero-order valence-electron chi connectivity index (χ0n) is 26.4. The zero-order valence-corrected chi connectivity index (χ0v) is 26.4. The van der Waals surface area contributed by atoms with E-state index in [1.54, 1.807) is 26.9 Å². The number of nitrogens with zero attached hydrogens (tertiary/aromatic N) is 3. The molecule has 3 aliphatic rings. The molecule has 0 aliphatic carbocycles. The topological polar surface area (TPSA) is 90.4 Å². The molecule has 3 saturated heterocycles. The van der Waals surface area contributed by atoms with Gasteiger partial charge in [-0.2, -0.15) is 0 Å². The summed E-state index contributed by atoms with van der Waals surface area (Å²) in [6.07, 6.45) is 7.25. The molecule has 2 aromatic rings. The van der Waals surface area contributed by atoms with E-state index in [0.717, 1.165) is 30.4 Å². The van der Waals surface area contributed by atoms with Crippen molar-refractivity contribution in [1.82, 2.24) is 14.7 Å². The highest BCUT2D eigenvalue weighted by Crippen LogP contribution is 2.59. The lowest BCUT2D eigenvalue weighted by atomic mass is 9.70. The van der Waals surface area contributed by atoms with Gasteiger partial charge in [-0.05, 0) is 36.8 Å². The summed E-state index contributed by atoms with van der Waals surface area (Å²) in [7, 11) is 0. The predicted octanol–water partition coefficient (Wildman–Crippen LogP) is 4.38. The third-order valence-electron chi connectivity index (χ3n) is 9.75. The van der Waals surface area contributed by atoms with Crippen molar-refractivity contribution in [1.29, 1.82) is 0 Å². The van der Waals surface area contributed by atoms with Crippen LogP contribution < -0.4 is 0 Å². The van der Waals surface area contributed by atoms with Crippen LogP contribution in [0.2, 0.25) is 0 Å². The lowest BCUT2D eigenvalue weighted by Crippen LogP contribution is -2.59. The van der Waals surface area contributed by atoms with Crippen LogP contribution in [0.1, 0.15) is 50.2 Å². The molecular weight excluding hydrogens is 566 g/mol. The number of carbonyl (C=O) groups is 3. The van der Waals surface area contributed by atoms with Gasteiger partial charge in [-0.25, -0.2) is 0 Å². The zero-order chi connectivity index (χ0) is 32.0. The van der Waals surface area contributed by atoms with Crippen LogP contribution in [0.3, 0.4) is 0 Å². The van der Waals surface area contributed by atoms with Crippen LogP contribution in [0.25, 0.3) is 0 Å². The highest BCUT2D eigenvalue weighted by Gasteiger charge is 2.75. The Morgan fingerprint density at radius 2 is 1.64 bits per heavy atom. The number of ether oxygens (including phenoxy) is 1. The molecule has 0 radical (unpaired) electrons. The highest BCUT2D eigenvalue weighted by molar-refractivity contribution is 5.99. The summed E-state index contributed by atoms with van der Waals surface area (Å²) in [5.41, 5.74) is 0.795. The average molecular weight is 614 g/mol. The van der Waals surface area contributed by atoms with Crippen molar-refractivity contribution in [3.63, 3.8) is 0 Å². The van der Waals surface area contributed by atoms with Gasteiger partial charge in [0.15, 0.2) is 0 Å². The first-order valence-electron chi connectivity index (χ1n) is 16.4. The maximum atomic E-state index is 14.7. The molecule has 0 aromatic heterocycles. The largest absolute Gasteiger partial charge is 0.394 e. The van der Waals surface area contributed by atoms with E-state index < -0.39 is 35.6 Å². The van der Waals surface area contributed by atoms with Crippen molar-refractivity contribution in [3.05, 3.63) is 97.1 Å². The van der Waals surface area contributed by atoms with Gasteiger partial charge >= 0.3 is 0 Å². The molecule has 5 rings (SSSR count). The summed E-state index contributed by atoms with van der Waals surface area (Å²) in [6, 6.07) is 17.8. The Balaban J connectivity index is 1.53. The molecule has 8 nitrogen and oxygen atoms in total. The fourth-order valence-corrected chi connectivity index (χ4v) is 7.76. The molecular formula is C37H47N3O5. The third-order valence-corrected chi connectivity index (χ3v) is 9.75. The normalized spacial score (nSPS) is 25.6. The van der Waals surface area contributed by atoms with Crippen molar-refractivity contribution < 1.29 is 24.2 Å². The number of likely N-dealkylation sites (tertiary alicyclic amines) is 1. The summed E-state index contributed by atoms with van der Waals surface area (Å²) in [4.78, 5) is 48.9. The van der Waals surface area contributed by atoms with E-state index in [1.165, 1.54) is 0 Å². The van der Waals surface area contributed by atoms with E-state index in [1.807, 2.05) is 60.7 Å². The number of benzene rings is 2. The molecule has 8 heteroatoms. The summed E-state index contributed by atoms with van der Waals surface area (Å²) in [5.74, 6) is -2.18. The first kappa shape index (κ1) is 32.6. The molecule has 3 aliphatic heterocycles. The number of hydrogen-bond donors (Lipinski definition) is 1. The SMILES string of the molecule is C=CCN(CCCCC)C(=O)C1N([C@@H](CO)Cc2ccccc2)C(=O)[C@@H]2[C@H](C(=O)N(CC=C)Cc3ccccc3)[C@@H]3CCC12O3. The van der Waals surface area contributed by atoms with Crippen molar-refractivity contribution in [2.75, 3.05) is 26.2 Å². The lowest BCUT2D eigenvalue weighted by Gasteiger charge is -2.39. The maximum Gasteiger partial charge on any atom is 0.248 e. The Morgan fingerprint density at radius 1 is 1.00 bits per heavy atom. The van der Waals surface area contributed by atoms with Gasteiger partial charge < -0.3 is 24.5 Å². The second-order valence-corrected chi connectivity index (χ2v) is 12.6. The summed E-state index contributed by atoms with van der Waals surface area (Å²) in [5, 5.41) is 10.7. The van der Waals surface area contributed by atoms with E-state index in [9.17, 15) is 19.5 Å². The molecule has 3 heterocycles.